The summed E-state index contributed by atoms with van der Waals surface area (Å²) in [7, 11) is 0. The second-order valence-electron chi connectivity index (χ2n) is 4.38. The van der Waals surface area contributed by atoms with Crippen molar-refractivity contribution in [3.63, 3.8) is 0 Å². The fourth-order valence-corrected chi connectivity index (χ4v) is 2.32. The quantitative estimate of drug-likeness (QED) is 0.895. The van der Waals surface area contributed by atoms with Crippen LogP contribution in [0, 0.1) is 0 Å². The van der Waals surface area contributed by atoms with Gasteiger partial charge in [-0.2, -0.15) is 0 Å². The van der Waals surface area contributed by atoms with Crippen LogP contribution in [0.25, 0.3) is 0 Å². The number of rotatable bonds is 4. The minimum absolute atomic E-state index is 0.113. The van der Waals surface area contributed by atoms with E-state index in [4.69, 9.17) is 33.7 Å². The molecule has 4 heteroatoms. The molecular weight excluding hydrogens is 281 g/mol. The maximum absolute atomic E-state index is 6.18. The normalized spacial score (nSPS) is 12.2. The first kappa shape index (κ1) is 14.2. The van der Waals surface area contributed by atoms with Crippen LogP contribution in [0.1, 0.15) is 24.1 Å². The first-order valence-electron chi connectivity index (χ1n) is 5.99. The molecule has 100 valence electrons. The van der Waals surface area contributed by atoms with Crippen LogP contribution < -0.4 is 10.5 Å². The molecule has 19 heavy (non-hydrogen) atoms. The Balaban J connectivity index is 2.17. The van der Waals surface area contributed by atoms with Crippen LogP contribution >= 0.6 is 23.2 Å². The Morgan fingerprint density at radius 2 is 1.68 bits per heavy atom. The fraction of sp³-hybridized carbons (Fsp3) is 0.200. The summed E-state index contributed by atoms with van der Waals surface area (Å²) in [5, 5.41) is 0.964. The topological polar surface area (TPSA) is 35.2 Å². The van der Waals surface area contributed by atoms with E-state index in [-0.39, 0.29) is 6.04 Å². The Kier molecular flexibility index (Phi) is 4.70. The third-order valence-electron chi connectivity index (χ3n) is 2.77. The van der Waals surface area contributed by atoms with Gasteiger partial charge in [-0.05, 0) is 30.2 Å². The summed E-state index contributed by atoms with van der Waals surface area (Å²) in [6.45, 7) is 2.31. The lowest BCUT2D eigenvalue weighted by atomic mass is 10.1. The predicted molar refractivity (Wildman–Crippen MR) is 79.8 cm³/mol. The van der Waals surface area contributed by atoms with Gasteiger partial charge >= 0.3 is 0 Å². The minimum Gasteiger partial charge on any atom is -0.486 e. The lowest BCUT2D eigenvalue weighted by molar-refractivity contribution is 0.306. The number of ether oxygens (including phenoxy) is 1. The highest BCUT2D eigenvalue weighted by molar-refractivity contribution is 6.37. The first-order chi connectivity index (χ1) is 9.08. The Morgan fingerprint density at radius 3 is 2.21 bits per heavy atom. The summed E-state index contributed by atoms with van der Waals surface area (Å²) in [4.78, 5) is 0. The third kappa shape index (κ3) is 3.63. The average molecular weight is 296 g/mol. The zero-order valence-electron chi connectivity index (χ0n) is 10.6. The fourth-order valence-electron chi connectivity index (χ4n) is 1.71. The molecule has 0 spiro atoms. The summed E-state index contributed by atoms with van der Waals surface area (Å²) >= 11 is 12.4. The highest BCUT2D eigenvalue weighted by Gasteiger charge is 2.11. The molecule has 0 amide bonds. The molecule has 2 N–H and O–H groups in total. The van der Waals surface area contributed by atoms with Crippen LogP contribution in [0.15, 0.2) is 42.5 Å². The Morgan fingerprint density at radius 1 is 1.11 bits per heavy atom. The van der Waals surface area contributed by atoms with Crippen molar-refractivity contribution >= 4 is 23.2 Å². The molecule has 0 heterocycles. The van der Waals surface area contributed by atoms with Crippen molar-refractivity contribution in [2.24, 2.45) is 5.73 Å². The second-order valence-corrected chi connectivity index (χ2v) is 5.19. The van der Waals surface area contributed by atoms with Crippen molar-refractivity contribution in [1.29, 1.82) is 0 Å². The largest absolute Gasteiger partial charge is 0.486 e. The van der Waals surface area contributed by atoms with E-state index in [0.29, 0.717) is 22.4 Å². The van der Waals surface area contributed by atoms with Gasteiger partial charge in [-0.25, -0.2) is 0 Å². The number of benzene rings is 2. The van der Waals surface area contributed by atoms with E-state index in [1.165, 1.54) is 0 Å². The molecule has 0 saturated heterocycles. The van der Waals surface area contributed by atoms with E-state index >= 15 is 0 Å². The molecule has 0 saturated carbocycles. The maximum Gasteiger partial charge on any atom is 0.156 e. The van der Waals surface area contributed by atoms with Gasteiger partial charge in [-0.1, -0.05) is 53.5 Å². The van der Waals surface area contributed by atoms with Gasteiger partial charge < -0.3 is 10.5 Å². The van der Waals surface area contributed by atoms with Gasteiger partial charge in [0, 0.05) is 6.04 Å². The van der Waals surface area contributed by atoms with Crippen LogP contribution in [0.2, 0.25) is 10.0 Å². The first-order valence-corrected chi connectivity index (χ1v) is 6.74. The van der Waals surface area contributed by atoms with Crippen molar-refractivity contribution < 1.29 is 4.74 Å². The molecule has 0 bridgehead atoms. The summed E-state index contributed by atoms with van der Waals surface area (Å²) < 4.78 is 5.68. The van der Waals surface area contributed by atoms with Crippen molar-refractivity contribution in [2.45, 2.75) is 19.6 Å². The SMILES string of the molecule is CC(N)c1cc(Cl)c(OCc2ccccc2)c(Cl)c1. The van der Waals surface area contributed by atoms with E-state index in [0.717, 1.165) is 11.1 Å². The van der Waals surface area contributed by atoms with Gasteiger partial charge in [0.05, 0.1) is 10.0 Å². The smallest absolute Gasteiger partial charge is 0.156 e. The van der Waals surface area contributed by atoms with E-state index in [2.05, 4.69) is 0 Å². The maximum atomic E-state index is 6.18. The molecule has 0 fully saturated rings. The molecule has 0 aliphatic carbocycles. The average Bonchev–Trinajstić information content (AvgIpc) is 2.38. The summed E-state index contributed by atoms with van der Waals surface area (Å²) in [6, 6.07) is 13.3. The zero-order valence-corrected chi connectivity index (χ0v) is 12.1. The molecule has 2 nitrogen and oxygen atoms in total. The molecule has 0 radical (unpaired) electrons. The molecule has 2 aromatic carbocycles. The Hall–Kier alpha value is -1.22. The van der Waals surface area contributed by atoms with E-state index in [9.17, 15) is 0 Å². The monoisotopic (exact) mass is 295 g/mol. The molecule has 0 aromatic heterocycles. The van der Waals surface area contributed by atoms with E-state index in [1.54, 1.807) is 12.1 Å². The Bertz CT molecular complexity index is 532. The Labute approximate surface area is 123 Å². The van der Waals surface area contributed by atoms with Gasteiger partial charge in [0.15, 0.2) is 5.75 Å². The number of halogens is 2. The van der Waals surface area contributed by atoms with Gasteiger partial charge in [0.1, 0.15) is 6.61 Å². The van der Waals surface area contributed by atoms with Crippen molar-refractivity contribution in [2.75, 3.05) is 0 Å². The van der Waals surface area contributed by atoms with Crippen LogP contribution in [0.3, 0.4) is 0 Å². The number of hydrogen-bond acceptors (Lipinski definition) is 2. The molecule has 1 atom stereocenters. The lowest BCUT2D eigenvalue weighted by Gasteiger charge is -2.13. The van der Waals surface area contributed by atoms with Crippen molar-refractivity contribution in [1.82, 2.24) is 0 Å². The number of nitrogens with two attached hydrogens (primary N) is 1. The van der Waals surface area contributed by atoms with Gasteiger partial charge in [-0.3, -0.25) is 0 Å². The standard InChI is InChI=1S/C15H15Cl2NO/c1-10(18)12-7-13(16)15(14(17)8-12)19-9-11-5-3-2-4-6-11/h2-8,10H,9,18H2,1H3. The van der Waals surface area contributed by atoms with E-state index in [1.807, 2.05) is 37.3 Å². The molecule has 2 rings (SSSR count). The van der Waals surface area contributed by atoms with Crippen molar-refractivity contribution in [3.8, 4) is 5.75 Å². The van der Waals surface area contributed by atoms with Crippen LogP contribution in [-0.2, 0) is 6.61 Å². The lowest BCUT2D eigenvalue weighted by Crippen LogP contribution is -2.05. The van der Waals surface area contributed by atoms with Crippen molar-refractivity contribution in [3.05, 3.63) is 63.6 Å². The predicted octanol–water partition coefficient (Wildman–Crippen LogP) is 4.59. The van der Waals surface area contributed by atoms with Gasteiger partial charge in [0.2, 0.25) is 0 Å². The molecule has 1 unspecified atom stereocenters. The minimum atomic E-state index is -0.113. The third-order valence-corrected chi connectivity index (χ3v) is 3.33. The summed E-state index contributed by atoms with van der Waals surface area (Å²) in [6.07, 6.45) is 0. The summed E-state index contributed by atoms with van der Waals surface area (Å²) in [5.74, 6) is 0.497. The van der Waals surface area contributed by atoms with E-state index < -0.39 is 0 Å². The van der Waals surface area contributed by atoms with Gasteiger partial charge in [0.25, 0.3) is 0 Å². The molecule has 2 aromatic rings. The number of hydrogen-bond donors (Lipinski definition) is 1. The molecular formula is C15H15Cl2NO. The molecule has 0 aliphatic heterocycles. The summed E-state index contributed by atoms with van der Waals surface area (Å²) in [5.41, 5.74) is 7.76. The van der Waals surface area contributed by atoms with Crippen LogP contribution in [0.4, 0.5) is 0 Å². The van der Waals surface area contributed by atoms with Gasteiger partial charge in [-0.15, -0.1) is 0 Å². The molecule has 0 aliphatic rings. The zero-order chi connectivity index (χ0) is 13.8. The second kappa shape index (κ2) is 6.29. The van der Waals surface area contributed by atoms with Crippen LogP contribution in [-0.4, -0.2) is 0 Å². The highest BCUT2D eigenvalue weighted by atomic mass is 35.5. The van der Waals surface area contributed by atoms with Crippen LogP contribution in [0.5, 0.6) is 5.75 Å². The highest BCUT2D eigenvalue weighted by Crippen LogP contribution is 2.36.